The Bertz CT molecular complexity index is 749. The summed E-state index contributed by atoms with van der Waals surface area (Å²) in [7, 11) is 0. The number of rotatable bonds is 2. The van der Waals surface area contributed by atoms with E-state index in [-0.39, 0.29) is 11.8 Å². The molecular weight excluding hydrogens is 304 g/mol. The molecule has 2 aromatic carbocycles. The number of phenolic OH excluding ortho intramolecular Hbond substituents is 1. The van der Waals surface area contributed by atoms with E-state index in [2.05, 4.69) is 10.6 Å². The van der Waals surface area contributed by atoms with E-state index in [1.807, 2.05) is 0 Å². The quantitative estimate of drug-likeness (QED) is 0.585. The number of carbonyl (C=O) groups excluding carboxylic acids is 2. The van der Waals surface area contributed by atoms with Crippen LogP contribution in [0.25, 0.3) is 10.8 Å². The lowest BCUT2D eigenvalue weighted by molar-refractivity contribution is -0.136. The fourth-order valence-electron chi connectivity index (χ4n) is 3.26. The maximum Gasteiger partial charge on any atom is 0.313 e. The molecule has 1 fully saturated rings. The van der Waals surface area contributed by atoms with Crippen molar-refractivity contribution in [2.24, 2.45) is 0 Å². The number of aromatic hydroxyl groups is 1. The lowest BCUT2D eigenvalue weighted by Gasteiger charge is -2.16. The van der Waals surface area contributed by atoms with E-state index in [0.717, 1.165) is 25.7 Å². The van der Waals surface area contributed by atoms with E-state index in [1.165, 1.54) is 12.8 Å². The predicted molar refractivity (Wildman–Crippen MR) is 93.9 cm³/mol. The first-order valence-corrected chi connectivity index (χ1v) is 8.48. The molecule has 0 unspecified atom stereocenters. The van der Waals surface area contributed by atoms with Crippen LogP contribution in [0.5, 0.6) is 5.75 Å². The molecule has 3 rings (SSSR count). The van der Waals surface area contributed by atoms with Crippen LogP contribution in [0, 0.1) is 0 Å². The van der Waals surface area contributed by atoms with E-state index < -0.39 is 11.8 Å². The number of anilines is 1. The lowest BCUT2D eigenvalue weighted by atomic mass is 10.1. The van der Waals surface area contributed by atoms with Crippen LogP contribution in [0.4, 0.5) is 5.69 Å². The van der Waals surface area contributed by atoms with Crippen molar-refractivity contribution in [2.45, 2.75) is 44.6 Å². The van der Waals surface area contributed by atoms with Gasteiger partial charge < -0.3 is 15.7 Å². The Balaban J connectivity index is 1.70. The zero-order valence-electron chi connectivity index (χ0n) is 13.5. The topological polar surface area (TPSA) is 78.4 Å². The van der Waals surface area contributed by atoms with Gasteiger partial charge in [-0.15, -0.1) is 0 Å². The molecule has 0 aromatic heterocycles. The fourth-order valence-corrected chi connectivity index (χ4v) is 3.26. The minimum absolute atomic E-state index is 0.0855. The highest BCUT2D eigenvalue weighted by atomic mass is 16.3. The largest absolute Gasteiger partial charge is 0.507 e. The van der Waals surface area contributed by atoms with Gasteiger partial charge in [0, 0.05) is 22.5 Å². The summed E-state index contributed by atoms with van der Waals surface area (Å²) < 4.78 is 0. The Morgan fingerprint density at radius 3 is 2.29 bits per heavy atom. The molecule has 0 spiro atoms. The number of fused-ring (bicyclic) bond motifs is 1. The molecule has 3 N–H and O–H groups in total. The number of amides is 2. The van der Waals surface area contributed by atoms with Gasteiger partial charge in [0.1, 0.15) is 5.75 Å². The van der Waals surface area contributed by atoms with E-state index >= 15 is 0 Å². The van der Waals surface area contributed by atoms with E-state index in [9.17, 15) is 14.7 Å². The van der Waals surface area contributed by atoms with Crippen LogP contribution in [0.1, 0.15) is 38.5 Å². The molecular formula is C19H22N2O3. The molecule has 1 saturated carbocycles. The molecule has 0 saturated heterocycles. The van der Waals surface area contributed by atoms with Crippen molar-refractivity contribution in [1.82, 2.24) is 5.32 Å². The molecule has 1 aliphatic rings. The van der Waals surface area contributed by atoms with Gasteiger partial charge >= 0.3 is 11.8 Å². The molecule has 1 aliphatic carbocycles. The number of hydrogen-bond donors (Lipinski definition) is 3. The van der Waals surface area contributed by atoms with E-state index in [1.54, 1.807) is 36.4 Å². The number of nitrogens with one attached hydrogen (secondary N) is 2. The SMILES string of the molecule is O=C(Nc1cccc2c(O)cccc12)C(=O)NC1CCCCCC1. The van der Waals surface area contributed by atoms with Gasteiger partial charge in [-0.2, -0.15) is 0 Å². The van der Waals surface area contributed by atoms with Crippen molar-refractivity contribution in [3.8, 4) is 5.75 Å². The molecule has 0 radical (unpaired) electrons. The number of carbonyl (C=O) groups is 2. The maximum absolute atomic E-state index is 12.2. The van der Waals surface area contributed by atoms with Crippen LogP contribution >= 0.6 is 0 Å². The van der Waals surface area contributed by atoms with Crippen LogP contribution in [0.15, 0.2) is 36.4 Å². The second-order valence-electron chi connectivity index (χ2n) is 6.29. The number of hydrogen-bond acceptors (Lipinski definition) is 3. The molecule has 0 heterocycles. The number of benzene rings is 2. The van der Waals surface area contributed by atoms with Crippen LogP contribution in [0.2, 0.25) is 0 Å². The molecule has 24 heavy (non-hydrogen) atoms. The second kappa shape index (κ2) is 7.34. The first-order chi connectivity index (χ1) is 11.6. The molecule has 0 atom stereocenters. The van der Waals surface area contributed by atoms with Crippen molar-refractivity contribution in [1.29, 1.82) is 0 Å². The molecule has 2 aromatic rings. The Hall–Kier alpha value is -2.56. The smallest absolute Gasteiger partial charge is 0.313 e. The Kier molecular flexibility index (Phi) is 4.99. The number of phenols is 1. The van der Waals surface area contributed by atoms with Gasteiger partial charge in [0.15, 0.2) is 0 Å². The summed E-state index contributed by atoms with van der Waals surface area (Å²) in [5.74, 6) is -1.12. The summed E-state index contributed by atoms with van der Waals surface area (Å²) in [5.41, 5.74) is 0.518. The molecule has 2 amide bonds. The summed E-state index contributed by atoms with van der Waals surface area (Å²) in [5, 5.41) is 16.7. The highest BCUT2D eigenvalue weighted by molar-refractivity contribution is 6.40. The van der Waals surface area contributed by atoms with Crippen molar-refractivity contribution < 1.29 is 14.7 Å². The standard InChI is InChI=1S/C19H22N2O3/c22-17-12-6-9-14-15(17)10-5-11-16(14)21-19(24)18(23)20-13-7-3-1-2-4-8-13/h5-6,9-13,22H,1-4,7-8H2,(H,20,23)(H,21,24). The van der Waals surface area contributed by atoms with Crippen molar-refractivity contribution in [2.75, 3.05) is 5.32 Å². The van der Waals surface area contributed by atoms with Gasteiger partial charge in [-0.1, -0.05) is 49.9 Å². The summed E-state index contributed by atoms with van der Waals surface area (Å²) in [6.07, 6.45) is 6.43. The highest BCUT2D eigenvalue weighted by Crippen LogP contribution is 2.29. The summed E-state index contributed by atoms with van der Waals surface area (Å²) in [6, 6.07) is 10.4. The molecule has 0 aliphatic heterocycles. The fraction of sp³-hybridized carbons (Fsp3) is 0.368. The van der Waals surface area contributed by atoms with Gasteiger partial charge in [-0.05, 0) is 25.0 Å². The molecule has 5 heteroatoms. The van der Waals surface area contributed by atoms with Gasteiger partial charge in [0.25, 0.3) is 0 Å². The van der Waals surface area contributed by atoms with Gasteiger partial charge in [0.05, 0.1) is 0 Å². The van der Waals surface area contributed by atoms with E-state index in [4.69, 9.17) is 0 Å². The van der Waals surface area contributed by atoms with Crippen molar-refractivity contribution in [3.05, 3.63) is 36.4 Å². The van der Waals surface area contributed by atoms with Crippen LogP contribution in [-0.4, -0.2) is 23.0 Å². The summed E-state index contributed by atoms with van der Waals surface area (Å²) >= 11 is 0. The maximum atomic E-state index is 12.2. The van der Waals surface area contributed by atoms with Gasteiger partial charge in [0.2, 0.25) is 0 Å². The monoisotopic (exact) mass is 326 g/mol. The third-order valence-corrected chi connectivity index (χ3v) is 4.54. The van der Waals surface area contributed by atoms with E-state index in [0.29, 0.717) is 16.5 Å². The minimum Gasteiger partial charge on any atom is -0.507 e. The lowest BCUT2D eigenvalue weighted by Crippen LogP contribution is -2.41. The molecule has 0 bridgehead atoms. The van der Waals surface area contributed by atoms with Crippen LogP contribution < -0.4 is 10.6 Å². The Labute approximate surface area is 141 Å². The first kappa shape index (κ1) is 16.3. The van der Waals surface area contributed by atoms with Crippen LogP contribution in [-0.2, 0) is 9.59 Å². The van der Waals surface area contributed by atoms with Gasteiger partial charge in [-0.25, -0.2) is 0 Å². The third kappa shape index (κ3) is 3.67. The molecule has 5 nitrogen and oxygen atoms in total. The average Bonchev–Trinajstić information content (AvgIpc) is 2.84. The highest BCUT2D eigenvalue weighted by Gasteiger charge is 2.20. The van der Waals surface area contributed by atoms with Crippen LogP contribution in [0.3, 0.4) is 0 Å². The molecule has 126 valence electrons. The minimum atomic E-state index is -0.671. The van der Waals surface area contributed by atoms with Gasteiger partial charge in [-0.3, -0.25) is 9.59 Å². The average molecular weight is 326 g/mol. The summed E-state index contributed by atoms with van der Waals surface area (Å²) in [4.78, 5) is 24.4. The Morgan fingerprint density at radius 1 is 0.875 bits per heavy atom. The predicted octanol–water partition coefficient (Wildman–Crippen LogP) is 3.32. The third-order valence-electron chi connectivity index (χ3n) is 4.54. The Morgan fingerprint density at radius 2 is 1.54 bits per heavy atom. The zero-order valence-corrected chi connectivity index (χ0v) is 13.5. The normalized spacial score (nSPS) is 15.7. The zero-order chi connectivity index (χ0) is 16.9. The van der Waals surface area contributed by atoms with Crippen molar-refractivity contribution in [3.63, 3.8) is 0 Å². The van der Waals surface area contributed by atoms with Crippen molar-refractivity contribution >= 4 is 28.3 Å². The summed E-state index contributed by atoms with van der Waals surface area (Å²) in [6.45, 7) is 0. The second-order valence-corrected chi connectivity index (χ2v) is 6.29. The first-order valence-electron chi connectivity index (χ1n) is 8.48.